The molecule has 0 aromatic rings. The first-order chi connectivity index (χ1) is 5.21. The number of hydrogen-bond donors (Lipinski definition) is 0. The molecule has 0 radical (unpaired) electrons. The van der Waals surface area contributed by atoms with E-state index in [2.05, 4.69) is 60.9 Å². The predicted octanol–water partition coefficient (Wildman–Crippen LogP) is 4.12. The van der Waals surface area contributed by atoms with Gasteiger partial charge in [0.25, 0.3) is 0 Å². The standard InChI is InChI=1S/C8H22S2Si2/c1-11(2,3)7-9-10-8-12(4,5)6/h7-8H2,1-6H3. The molecule has 4 heteroatoms. The average Bonchev–Trinajstić information content (AvgIpc) is 1.76. The van der Waals surface area contributed by atoms with E-state index in [1.165, 1.54) is 10.8 Å². The molecule has 0 heterocycles. The first-order valence-electron chi connectivity index (χ1n) is 4.45. The van der Waals surface area contributed by atoms with Crippen molar-refractivity contribution in [3.63, 3.8) is 0 Å². The molecule has 0 fully saturated rings. The summed E-state index contributed by atoms with van der Waals surface area (Å²) in [5.74, 6) is 0. The van der Waals surface area contributed by atoms with Crippen LogP contribution in [-0.4, -0.2) is 26.9 Å². The normalized spacial score (nSPS) is 13.5. The van der Waals surface area contributed by atoms with E-state index in [9.17, 15) is 0 Å². The average molecular weight is 239 g/mol. The van der Waals surface area contributed by atoms with Crippen LogP contribution in [0.5, 0.6) is 0 Å². The molecule has 0 unspecified atom stereocenters. The van der Waals surface area contributed by atoms with E-state index in [1.807, 2.05) is 0 Å². The van der Waals surface area contributed by atoms with E-state index >= 15 is 0 Å². The summed E-state index contributed by atoms with van der Waals surface area (Å²) in [5.41, 5.74) is 0. The van der Waals surface area contributed by atoms with Gasteiger partial charge < -0.3 is 0 Å². The van der Waals surface area contributed by atoms with Crippen molar-refractivity contribution in [1.82, 2.24) is 0 Å². The topological polar surface area (TPSA) is 0 Å². The molecule has 0 N–H and O–H groups in total. The molecule has 0 atom stereocenters. The molecule has 0 saturated heterocycles. The molecule has 0 spiro atoms. The van der Waals surface area contributed by atoms with Crippen LogP contribution >= 0.6 is 21.6 Å². The summed E-state index contributed by atoms with van der Waals surface area (Å²) in [6, 6.07) is 0. The Hall–Kier alpha value is 1.13. The third kappa shape index (κ3) is 11.1. The summed E-state index contributed by atoms with van der Waals surface area (Å²) in [6.07, 6.45) is 0. The van der Waals surface area contributed by atoms with Crippen LogP contribution < -0.4 is 0 Å². The quantitative estimate of drug-likeness (QED) is 0.401. The van der Waals surface area contributed by atoms with Crippen LogP contribution in [0.4, 0.5) is 0 Å². The lowest BCUT2D eigenvalue weighted by Gasteiger charge is -2.17. The zero-order chi connectivity index (χ0) is 9.83. The summed E-state index contributed by atoms with van der Waals surface area (Å²) in [6.45, 7) is 14.6. The van der Waals surface area contributed by atoms with Crippen molar-refractivity contribution in [1.29, 1.82) is 0 Å². The fraction of sp³-hybridized carbons (Fsp3) is 1.00. The zero-order valence-electron chi connectivity index (χ0n) is 9.23. The predicted molar refractivity (Wildman–Crippen MR) is 71.6 cm³/mol. The Morgan fingerprint density at radius 1 is 0.667 bits per heavy atom. The van der Waals surface area contributed by atoms with Crippen molar-refractivity contribution in [2.75, 3.05) is 10.8 Å². The molecule has 0 nitrogen and oxygen atoms in total. The van der Waals surface area contributed by atoms with Crippen molar-refractivity contribution in [3.8, 4) is 0 Å². The summed E-state index contributed by atoms with van der Waals surface area (Å²) in [7, 11) is 2.61. The van der Waals surface area contributed by atoms with Gasteiger partial charge in [-0.3, -0.25) is 0 Å². The highest BCUT2D eigenvalue weighted by molar-refractivity contribution is 8.77. The lowest BCUT2D eigenvalue weighted by molar-refractivity contribution is 1.67. The fourth-order valence-electron chi connectivity index (χ4n) is 0.437. The Balaban J connectivity index is 3.35. The molecule has 0 aliphatic rings. The minimum atomic E-state index is -0.796. The van der Waals surface area contributed by atoms with E-state index in [1.54, 1.807) is 0 Å². The Labute approximate surface area is 87.7 Å². The molecule has 0 saturated carbocycles. The van der Waals surface area contributed by atoms with Crippen LogP contribution in [0.25, 0.3) is 0 Å². The second kappa shape index (κ2) is 5.12. The molecule has 0 aromatic carbocycles. The van der Waals surface area contributed by atoms with E-state index in [0.29, 0.717) is 0 Å². The lowest BCUT2D eigenvalue weighted by Crippen LogP contribution is -2.25. The van der Waals surface area contributed by atoms with Crippen molar-refractivity contribution in [3.05, 3.63) is 0 Å². The van der Waals surface area contributed by atoms with Gasteiger partial charge in [0, 0.05) is 0 Å². The minimum Gasteiger partial charge on any atom is -0.0975 e. The molecule has 0 aliphatic heterocycles. The van der Waals surface area contributed by atoms with Gasteiger partial charge in [0.1, 0.15) is 0 Å². The highest BCUT2D eigenvalue weighted by Crippen LogP contribution is 2.27. The van der Waals surface area contributed by atoms with Gasteiger partial charge >= 0.3 is 0 Å². The molecule has 0 amide bonds. The Bertz CT molecular complexity index is 108. The second-order valence-corrected chi connectivity index (χ2v) is 20.1. The molecular formula is C8H22S2Si2. The van der Waals surface area contributed by atoms with Gasteiger partial charge in [-0.2, -0.15) is 0 Å². The van der Waals surface area contributed by atoms with Gasteiger partial charge in [-0.1, -0.05) is 60.9 Å². The van der Waals surface area contributed by atoms with Crippen LogP contribution in [0.2, 0.25) is 39.3 Å². The smallest absolute Gasteiger partial charge is 0.0559 e. The maximum atomic E-state index is 2.44. The molecular weight excluding hydrogens is 216 g/mol. The monoisotopic (exact) mass is 238 g/mol. The van der Waals surface area contributed by atoms with Crippen LogP contribution in [0.1, 0.15) is 0 Å². The first kappa shape index (κ1) is 13.1. The first-order valence-corrected chi connectivity index (χ1v) is 14.4. The van der Waals surface area contributed by atoms with Crippen LogP contribution in [0, 0.1) is 0 Å². The van der Waals surface area contributed by atoms with Crippen molar-refractivity contribution in [2.24, 2.45) is 0 Å². The number of hydrogen-bond acceptors (Lipinski definition) is 2. The summed E-state index contributed by atoms with van der Waals surface area (Å²) in [4.78, 5) is 0. The van der Waals surface area contributed by atoms with Gasteiger partial charge in [-0.15, -0.1) is 0 Å². The number of rotatable bonds is 5. The Morgan fingerprint density at radius 2 is 0.917 bits per heavy atom. The maximum Gasteiger partial charge on any atom is 0.0559 e. The van der Waals surface area contributed by atoms with Gasteiger partial charge in [0.2, 0.25) is 0 Å². The molecule has 74 valence electrons. The van der Waals surface area contributed by atoms with E-state index < -0.39 is 16.1 Å². The third-order valence-corrected chi connectivity index (χ3v) is 11.7. The van der Waals surface area contributed by atoms with Crippen LogP contribution in [0.15, 0.2) is 0 Å². The van der Waals surface area contributed by atoms with Gasteiger partial charge in [-0.05, 0) is 10.8 Å². The van der Waals surface area contributed by atoms with E-state index in [-0.39, 0.29) is 0 Å². The Morgan fingerprint density at radius 3 is 1.08 bits per heavy atom. The second-order valence-electron chi connectivity index (χ2n) is 5.65. The molecule has 12 heavy (non-hydrogen) atoms. The molecule has 0 rings (SSSR count). The summed E-state index contributed by atoms with van der Waals surface area (Å²) in [5, 5.41) is 2.81. The largest absolute Gasteiger partial charge is 0.0975 e. The fourth-order valence-corrected chi connectivity index (χ4v) is 11.8. The maximum absolute atomic E-state index is 2.44. The minimum absolute atomic E-state index is 0.796. The highest BCUT2D eigenvalue weighted by Gasteiger charge is 2.16. The van der Waals surface area contributed by atoms with Gasteiger partial charge in [0.15, 0.2) is 0 Å². The SMILES string of the molecule is C[Si](C)(C)CSSC[Si](C)(C)C. The van der Waals surface area contributed by atoms with Crippen molar-refractivity contribution < 1.29 is 0 Å². The molecule has 0 aliphatic carbocycles. The Kier molecular flexibility index (Phi) is 5.61. The zero-order valence-corrected chi connectivity index (χ0v) is 12.9. The van der Waals surface area contributed by atoms with Crippen molar-refractivity contribution in [2.45, 2.75) is 39.3 Å². The van der Waals surface area contributed by atoms with E-state index in [0.717, 1.165) is 0 Å². The van der Waals surface area contributed by atoms with Crippen LogP contribution in [0.3, 0.4) is 0 Å². The lowest BCUT2D eigenvalue weighted by atomic mass is 11.8. The van der Waals surface area contributed by atoms with Crippen LogP contribution in [-0.2, 0) is 0 Å². The van der Waals surface area contributed by atoms with E-state index in [4.69, 9.17) is 0 Å². The molecule has 0 bridgehead atoms. The summed E-state index contributed by atoms with van der Waals surface area (Å²) >= 11 is 0. The van der Waals surface area contributed by atoms with Crippen molar-refractivity contribution >= 4 is 37.7 Å². The highest BCUT2D eigenvalue weighted by atomic mass is 33.1. The molecule has 0 aromatic heterocycles. The third-order valence-electron chi connectivity index (χ3n) is 1.07. The van der Waals surface area contributed by atoms with Gasteiger partial charge in [-0.25, -0.2) is 0 Å². The van der Waals surface area contributed by atoms with Gasteiger partial charge in [0.05, 0.1) is 16.1 Å². The summed E-state index contributed by atoms with van der Waals surface area (Å²) < 4.78 is 0.